The van der Waals surface area contributed by atoms with E-state index < -0.39 is 0 Å². The van der Waals surface area contributed by atoms with Crippen LogP contribution < -0.4 is 10.1 Å². The number of hydrogen-bond acceptors (Lipinski definition) is 2. The molecule has 1 N–H and O–H groups in total. The third-order valence-corrected chi connectivity index (χ3v) is 5.40. The Morgan fingerprint density at radius 1 is 0.968 bits per heavy atom. The molecule has 1 heterocycles. The smallest absolute Gasteiger partial charge is 0.224 e. The zero-order valence-electron chi connectivity index (χ0n) is 17.5. The van der Waals surface area contributed by atoms with Crippen LogP contribution in [0, 0.1) is 5.82 Å². The van der Waals surface area contributed by atoms with E-state index in [4.69, 9.17) is 4.74 Å². The maximum Gasteiger partial charge on any atom is 0.224 e. The van der Waals surface area contributed by atoms with Crippen LogP contribution in [0.2, 0.25) is 0 Å². The monoisotopic (exact) mass is 416 g/mol. The van der Waals surface area contributed by atoms with E-state index in [0.717, 1.165) is 33.3 Å². The van der Waals surface area contributed by atoms with Crippen molar-refractivity contribution in [3.63, 3.8) is 0 Å². The van der Waals surface area contributed by atoms with Crippen molar-refractivity contribution in [2.24, 2.45) is 0 Å². The molecule has 0 aliphatic rings. The predicted octanol–water partition coefficient (Wildman–Crippen LogP) is 4.74. The molecule has 3 aromatic carbocycles. The summed E-state index contributed by atoms with van der Waals surface area (Å²) in [5.74, 6) is 0.576. The second-order valence-electron chi connectivity index (χ2n) is 7.51. The molecule has 1 aromatic heterocycles. The lowest BCUT2D eigenvalue weighted by molar-refractivity contribution is -0.120. The first kappa shape index (κ1) is 20.7. The van der Waals surface area contributed by atoms with E-state index in [0.29, 0.717) is 25.9 Å². The van der Waals surface area contributed by atoms with Crippen LogP contribution in [0.1, 0.15) is 16.7 Å². The second-order valence-corrected chi connectivity index (χ2v) is 7.51. The van der Waals surface area contributed by atoms with Crippen molar-refractivity contribution in [3.05, 3.63) is 102 Å². The first-order valence-corrected chi connectivity index (χ1v) is 10.3. The first-order chi connectivity index (χ1) is 15.1. The number of nitrogens with one attached hydrogen (secondary N) is 1. The number of amides is 1. The average Bonchev–Trinajstić information content (AvgIpc) is 3.13. The van der Waals surface area contributed by atoms with Crippen LogP contribution in [0.4, 0.5) is 4.39 Å². The fourth-order valence-electron chi connectivity index (χ4n) is 3.86. The van der Waals surface area contributed by atoms with Crippen molar-refractivity contribution in [2.75, 3.05) is 13.7 Å². The van der Waals surface area contributed by atoms with Crippen LogP contribution in [0.5, 0.6) is 5.75 Å². The number of benzene rings is 3. The summed E-state index contributed by atoms with van der Waals surface area (Å²) < 4.78 is 20.7. The van der Waals surface area contributed by atoms with Crippen molar-refractivity contribution in [2.45, 2.75) is 19.4 Å². The Morgan fingerprint density at radius 3 is 2.52 bits per heavy atom. The minimum absolute atomic E-state index is 0.0143. The Balaban J connectivity index is 1.44. The number of nitrogens with zero attached hydrogens (tertiary/aromatic N) is 1. The molecule has 0 aliphatic heterocycles. The highest BCUT2D eigenvalue weighted by molar-refractivity contribution is 5.89. The maximum absolute atomic E-state index is 13.2. The van der Waals surface area contributed by atoms with Crippen molar-refractivity contribution in [1.29, 1.82) is 0 Å². The summed E-state index contributed by atoms with van der Waals surface area (Å²) in [5.41, 5.74) is 4.12. The Hall–Kier alpha value is -3.60. The largest absolute Gasteiger partial charge is 0.496 e. The fraction of sp³-hybridized carbons (Fsp3) is 0.192. The number of fused-ring (bicyclic) bond motifs is 1. The molecule has 5 heteroatoms. The number of carbonyl (C=O) groups is 1. The number of methoxy groups -OCH3 is 1. The molecule has 0 fully saturated rings. The van der Waals surface area contributed by atoms with Crippen LogP contribution in [-0.4, -0.2) is 24.1 Å². The van der Waals surface area contributed by atoms with Crippen LogP contribution in [0.3, 0.4) is 0 Å². The van der Waals surface area contributed by atoms with Gasteiger partial charge in [-0.3, -0.25) is 4.79 Å². The van der Waals surface area contributed by atoms with Crippen molar-refractivity contribution in [1.82, 2.24) is 9.88 Å². The average molecular weight is 416 g/mol. The van der Waals surface area contributed by atoms with Crippen molar-refractivity contribution in [3.8, 4) is 5.75 Å². The number of halogens is 1. The van der Waals surface area contributed by atoms with Crippen molar-refractivity contribution >= 4 is 16.8 Å². The number of aromatic nitrogens is 1. The van der Waals surface area contributed by atoms with E-state index in [1.807, 2.05) is 54.7 Å². The Morgan fingerprint density at radius 2 is 1.71 bits per heavy atom. The van der Waals surface area contributed by atoms with E-state index >= 15 is 0 Å². The zero-order valence-corrected chi connectivity index (χ0v) is 17.5. The van der Waals surface area contributed by atoms with Gasteiger partial charge in [0.15, 0.2) is 0 Å². The van der Waals surface area contributed by atoms with Crippen molar-refractivity contribution < 1.29 is 13.9 Å². The number of ether oxygens (including phenoxy) is 1. The SMILES string of the molecule is COc1ccccc1CCNC(=O)Cc1cn(Cc2ccc(F)cc2)c2ccccc12. The van der Waals surface area contributed by atoms with E-state index in [2.05, 4.69) is 9.88 Å². The summed E-state index contributed by atoms with van der Waals surface area (Å²) in [5, 5.41) is 4.08. The highest BCUT2D eigenvalue weighted by atomic mass is 19.1. The highest BCUT2D eigenvalue weighted by Crippen LogP contribution is 2.23. The molecule has 4 aromatic rings. The van der Waals surface area contributed by atoms with Crippen LogP contribution in [0.25, 0.3) is 10.9 Å². The third-order valence-electron chi connectivity index (χ3n) is 5.40. The quantitative estimate of drug-likeness (QED) is 0.451. The van der Waals surface area contributed by atoms with E-state index in [1.165, 1.54) is 12.1 Å². The Bertz CT molecular complexity index is 1180. The van der Waals surface area contributed by atoms with Gasteiger partial charge in [0.05, 0.1) is 13.5 Å². The minimum atomic E-state index is -0.244. The van der Waals surface area contributed by atoms with Crippen LogP contribution >= 0.6 is 0 Å². The lowest BCUT2D eigenvalue weighted by Gasteiger charge is -2.09. The molecule has 4 nitrogen and oxygen atoms in total. The molecule has 0 atom stereocenters. The van der Waals surface area contributed by atoms with Gasteiger partial charge in [0.2, 0.25) is 5.91 Å². The summed E-state index contributed by atoms with van der Waals surface area (Å²) >= 11 is 0. The minimum Gasteiger partial charge on any atom is -0.496 e. The third kappa shape index (κ3) is 4.94. The number of carbonyl (C=O) groups excluding carboxylic acids is 1. The molecule has 0 unspecified atom stereocenters. The summed E-state index contributed by atoms with van der Waals surface area (Å²) in [7, 11) is 1.65. The molecule has 0 saturated carbocycles. The van der Waals surface area contributed by atoms with E-state index in [-0.39, 0.29) is 11.7 Å². The van der Waals surface area contributed by atoms with Gasteiger partial charge in [0, 0.05) is 30.2 Å². The molecule has 158 valence electrons. The summed E-state index contributed by atoms with van der Waals surface area (Å²) in [6.45, 7) is 1.17. The topological polar surface area (TPSA) is 43.3 Å². The number of hydrogen-bond donors (Lipinski definition) is 1. The molecule has 31 heavy (non-hydrogen) atoms. The lowest BCUT2D eigenvalue weighted by atomic mass is 10.1. The van der Waals surface area contributed by atoms with Gasteiger partial charge in [-0.05, 0) is 47.4 Å². The predicted molar refractivity (Wildman–Crippen MR) is 121 cm³/mol. The van der Waals surface area contributed by atoms with E-state index in [9.17, 15) is 9.18 Å². The second kappa shape index (κ2) is 9.47. The molecule has 0 radical (unpaired) electrons. The standard InChI is InChI=1S/C26H25FN2O2/c1-31-25-9-5-2-6-20(25)14-15-28-26(30)16-21-18-29(24-8-4-3-7-23(21)24)17-19-10-12-22(27)13-11-19/h2-13,18H,14-17H2,1H3,(H,28,30). The van der Waals surface area contributed by atoms with Gasteiger partial charge in [-0.25, -0.2) is 4.39 Å². The molecule has 0 spiro atoms. The summed E-state index contributed by atoms with van der Waals surface area (Å²) in [4.78, 5) is 12.6. The fourth-order valence-corrected chi connectivity index (χ4v) is 3.86. The van der Waals surface area contributed by atoms with Gasteiger partial charge >= 0.3 is 0 Å². The van der Waals surface area contributed by atoms with Gasteiger partial charge in [0.1, 0.15) is 11.6 Å². The normalized spacial score (nSPS) is 10.9. The molecule has 0 saturated heterocycles. The number of rotatable bonds is 8. The first-order valence-electron chi connectivity index (χ1n) is 10.3. The maximum atomic E-state index is 13.2. The summed E-state index contributed by atoms with van der Waals surface area (Å²) in [6, 6.07) is 22.4. The Labute approximate surface area is 181 Å². The molecule has 0 bridgehead atoms. The van der Waals surface area contributed by atoms with Crippen LogP contribution in [0.15, 0.2) is 79.0 Å². The zero-order chi connectivity index (χ0) is 21.6. The molecule has 4 rings (SSSR count). The molecule has 1 amide bonds. The molecular formula is C26H25FN2O2. The Kier molecular flexibility index (Phi) is 6.32. The van der Waals surface area contributed by atoms with E-state index in [1.54, 1.807) is 19.2 Å². The van der Waals surface area contributed by atoms with Gasteiger partial charge < -0.3 is 14.6 Å². The summed E-state index contributed by atoms with van der Waals surface area (Å²) in [6.07, 6.45) is 3.04. The highest BCUT2D eigenvalue weighted by Gasteiger charge is 2.12. The molecule has 0 aliphatic carbocycles. The molecular weight excluding hydrogens is 391 g/mol. The van der Waals surface area contributed by atoms with Gasteiger partial charge in [-0.15, -0.1) is 0 Å². The van der Waals surface area contributed by atoms with Gasteiger partial charge in [-0.1, -0.05) is 48.5 Å². The number of para-hydroxylation sites is 2. The van der Waals surface area contributed by atoms with Gasteiger partial charge in [0.25, 0.3) is 0 Å². The van der Waals surface area contributed by atoms with Crippen LogP contribution in [-0.2, 0) is 24.2 Å². The van der Waals surface area contributed by atoms with Gasteiger partial charge in [-0.2, -0.15) is 0 Å². The lowest BCUT2D eigenvalue weighted by Crippen LogP contribution is -2.27.